The van der Waals surface area contributed by atoms with Crippen LogP contribution in [-0.4, -0.2) is 35.1 Å². The number of carbonyl (C=O) groups is 1. The smallest absolute Gasteiger partial charge is 0.339 e. The van der Waals surface area contributed by atoms with E-state index in [2.05, 4.69) is 6.58 Å². The highest BCUT2D eigenvalue weighted by molar-refractivity contribution is 8.01. The molecule has 0 aliphatic carbocycles. The molecule has 0 amide bonds. The van der Waals surface area contributed by atoms with Gasteiger partial charge in [0.1, 0.15) is 6.10 Å². The van der Waals surface area contributed by atoms with E-state index in [1.54, 1.807) is 41.7 Å². The number of hydrogen-bond acceptors (Lipinski definition) is 4. The first kappa shape index (κ1) is 16.1. The summed E-state index contributed by atoms with van der Waals surface area (Å²) in [6, 6.07) is 4.78. The summed E-state index contributed by atoms with van der Waals surface area (Å²) in [6.07, 6.45) is -0.0997. The van der Waals surface area contributed by atoms with Crippen molar-refractivity contribution in [1.82, 2.24) is 0 Å². The molecule has 6 heteroatoms. The lowest BCUT2D eigenvalue weighted by Crippen LogP contribution is -2.25. The second-order valence-corrected chi connectivity index (χ2v) is 7.34. The fourth-order valence-corrected chi connectivity index (χ4v) is 4.38. The summed E-state index contributed by atoms with van der Waals surface area (Å²) < 4.78 is 5.53. The van der Waals surface area contributed by atoms with Crippen LogP contribution in [0.2, 0.25) is 10.0 Å². The third-order valence-corrected chi connectivity index (χ3v) is 5.63. The Bertz CT molecular complexity index is 508. The third-order valence-electron chi connectivity index (χ3n) is 2.64. The number of rotatable bonds is 2. The van der Waals surface area contributed by atoms with Crippen molar-refractivity contribution >= 4 is 52.7 Å². The molecule has 108 valence electrons. The van der Waals surface area contributed by atoms with Crippen molar-refractivity contribution < 1.29 is 9.53 Å². The van der Waals surface area contributed by atoms with E-state index in [4.69, 9.17) is 27.9 Å². The molecule has 0 radical (unpaired) electrons. The average molecular weight is 349 g/mol. The van der Waals surface area contributed by atoms with E-state index in [-0.39, 0.29) is 6.10 Å². The molecule has 1 aromatic rings. The molecule has 0 spiro atoms. The first-order valence-corrected chi connectivity index (χ1v) is 9.11. The SMILES string of the molecule is C=C1CSCC(OC(=O)c2ccc(Cl)cc2Cl)CSC1. The summed E-state index contributed by atoms with van der Waals surface area (Å²) in [6.45, 7) is 3.99. The highest BCUT2D eigenvalue weighted by atomic mass is 35.5. The summed E-state index contributed by atoms with van der Waals surface area (Å²) in [7, 11) is 0. The zero-order valence-electron chi connectivity index (χ0n) is 10.7. The molecule has 0 atom stereocenters. The van der Waals surface area contributed by atoms with Gasteiger partial charge in [0.15, 0.2) is 0 Å². The van der Waals surface area contributed by atoms with Crippen LogP contribution in [0, 0.1) is 0 Å². The van der Waals surface area contributed by atoms with Gasteiger partial charge in [0.2, 0.25) is 0 Å². The van der Waals surface area contributed by atoms with Crippen LogP contribution < -0.4 is 0 Å². The molecule has 1 heterocycles. The van der Waals surface area contributed by atoms with Crippen LogP contribution in [0.25, 0.3) is 0 Å². The number of halogens is 2. The Morgan fingerprint density at radius 2 is 1.90 bits per heavy atom. The third kappa shape index (κ3) is 4.62. The van der Waals surface area contributed by atoms with Gasteiger partial charge in [-0.25, -0.2) is 4.79 Å². The van der Waals surface area contributed by atoms with Gasteiger partial charge in [0.25, 0.3) is 0 Å². The molecular weight excluding hydrogens is 335 g/mol. The summed E-state index contributed by atoms with van der Waals surface area (Å²) in [5, 5.41) is 0.823. The average Bonchev–Trinajstić information content (AvgIpc) is 2.35. The number of benzene rings is 1. The van der Waals surface area contributed by atoms with Crippen molar-refractivity contribution in [3.8, 4) is 0 Å². The Morgan fingerprint density at radius 1 is 1.25 bits per heavy atom. The lowest BCUT2D eigenvalue weighted by molar-refractivity contribution is 0.0394. The van der Waals surface area contributed by atoms with E-state index in [1.165, 1.54) is 5.57 Å². The van der Waals surface area contributed by atoms with Gasteiger partial charge < -0.3 is 4.74 Å². The highest BCUT2D eigenvalue weighted by Crippen LogP contribution is 2.25. The number of hydrogen-bond donors (Lipinski definition) is 0. The van der Waals surface area contributed by atoms with Crippen molar-refractivity contribution in [3.05, 3.63) is 46.0 Å². The predicted molar refractivity (Wildman–Crippen MR) is 89.5 cm³/mol. The first-order chi connectivity index (χ1) is 9.56. The molecule has 2 rings (SSSR count). The standard InChI is InChI=1S/C14H14Cl2O2S2/c1-9-5-19-7-11(8-20-6-9)18-14(17)12-3-2-10(15)4-13(12)16/h2-4,11H,1,5-8H2. The first-order valence-electron chi connectivity index (χ1n) is 6.04. The van der Waals surface area contributed by atoms with Crippen LogP contribution in [0.4, 0.5) is 0 Å². The molecule has 0 unspecified atom stereocenters. The summed E-state index contributed by atoms with van der Waals surface area (Å²) in [5.41, 5.74) is 1.59. The van der Waals surface area contributed by atoms with Gasteiger partial charge >= 0.3 is 5.97 Å². The summed E-state index contributed by atoms with van der Waals surface area (Å²) in [4.78, 5) is 12.1. The van der Waals surface area contributed by atoms with Crippen LogP contribution in [-0.2, 0) is 4.74 Å². The van der Waals surface area contributed by atoms with E-state index >= 15 is 0 Å². The Labute approximate surface area is 137 Å². The van der Waals surface area contributed by atoms with Crippen molar-refractivity contribution in [2.75, 3.05) is 23.0 Å². The molecule has 1 aliphatic rings. The molecule has 20 heavy (non-hydrogen) atoms. The molecule has 0 saturated carbocycles. The van der Waals surface area contributed by atoms with Crippen molar-refractivity contribution in [2.24, 2.45) is 0 Å². The molecule has 0 N–H and O–H groups in total. The Morgan fingerprint density at radius 3 is 2.50 bits per heavy atom. The maximum atomic E-state index is 12.1. The topological polar surface area (TPSA) is 26.3 Å². The van der Waals surface area contributed by atoms with Gasteiger partial charge in [0, 0.05) is 28.0 Å². The van der Waals surface area contributed by atoms with Gasteiger partial charge in [-0.15, -0.1) is 0 Å². The van der Waals surface area contributed by atoms with Crippen molar-refractivity contribution in [1.29, 1.82) is 0 Å². The quantitative estimate of drug-likeness (QED) is 0.578. The second kappa shape index (κ2) is 7.64. The lowest BCUT2D eigenvalue weighted by Gasteiger charge is -2.20. The van der Waals surface area contributed by atoms with Gasteiger partial charge in [-0.3, -0.25) is 0 Å². The van der Waals surface area contributed by atoms with Crippen LogP contribution in [0.15, 0.2) is 30.4 Å². The van der Waals surface area contributed by atoms with Crippen LogP contribution in [0.3, 0.4) is 0 Å². The van der Waals surface area contributed by atoms with Crippen molar-refractivity contribution in [3.63, 3.8) is 0 Å². The molecule has 1 saturated heterocycles. The Hall–Kier alpha value is -0.290. The number of thioether (sulfide) groups is 2. The largest absolute Gasteiger partial charge is 0.457 e. The lowest BCUT2D eigenvalue weighted by atomic mass is 10.2. The zero-order valence-corrected chi connectivity index (χ0v) is 13.9. The van der Waals surface area contributed by atoms with Crippen LogP contribution in [0.1, 0.15) is 10.4 Å². The number of carbonyl (C=O) groups excluding carboxylic acids is 1. The van der Waals surface area contributed by atoms with Gasteiger partial charge in [-0.05, 0) is 18.2 Å². The van der Waals surface area contributed by atoms with E-state index in [0.29, 0.717) is 15.6 Å². The Kier molecular flexibility index (Phi) is 6.15. The zero-order chi connectivity index (χ0) is 14.5. The van der Waals surface area contributed by atoms with Gasteiger partial charge in [-0.2, -0.15) is 23.5 Å². The number of ether oxygens (including phenoxy) is 1. The molecule has 0 aromatic heterocycles. The van der Waals surface area contributed by atoms with Gasteiger partial charge in [-0.1, -0.05) is 35.4 Å². The highest BCUT2D eigenvalue weighted by Gasteiger charge is 2.20. The number of esters is 1. The fourth-order valence-electron chi connectivity index (χ4n) is 1.70. The fraction of sp³-hybridized carbons (Fsp3) is 0.357. The minimum Gasteiger partial charge on any atom is -0.457 e. The maximum absolute atomic E-state index is 12.1. The van der Waals surface area contributed by atoms with Crippen molar-refractivity contribution in [2.45, 2.75) is 6.10 Å². The molecule has 1 fully saturated rings. The van der Waals surface area contributed by atoms with Crippen LogP contribution >= 0.6 is 46.7 Å². The maximum Gasteiger partial charge on any atom is 0.339 e. The van der Waals surface area contributed by atoms with E-state index < -0.39 is 5.97 Å². The molecule has 2 nitrogen and oxygen atoms in total. The molecular formula is C14H14Cl2O2S2. The normalized spacial score (nSPS) is 17.4. The molecule has 0 bridgehead atoms. The minimum absolute atomic E-state index is 0.0997. The second-order valence-electron chi connectivity index (χ2n) is 4.43. The Balaban J connectivity index is 1.98. The predicted octanol–water partition coefficient (Wildman–Crippen LogP) is 4.56. The van der Waals surface area contributed by atoms with Gasteiger partial charge in [0.05, 0.1) is 10.6 Å². The van der Waals surface area contributed by atoms with E-state index in [9.17, 15) is 4.79 Å². The minimum atomic E-state index is -0.391. The van der Waals surface area contributed by atoms with Crippen LogP contribution in [0.5, 0.6) is 0 Å². The summed E-state index contributed by atoms with van der Waals surface area (Å²) in [5.74, 6) is 3.01. The van der Waals surface area contributed by atoms with E-state index in [0.717, 1.165) is 23.0 Å². The summed E-state index contributed by atoms with van der Waals surface area (Å²) >= 11 is 15.3. The molecule has 1 aromatic carbocycles. The monoisotopic (exact) mass is 348 g/mol. The molecule has 1 aliphatic heterocycles. The van der Waals surface area contributed by atoms with E-state index in [1.807, 2.05) is 0 Å².